The zero-order valence-corrected chi connectivity index (χ0v) is 13.0. The molecule has 3 rings (SSSR count). The minimum Gasteiger partial charge on any atom is -0.484 e. The van der Waals surface area contributed by atoms with Crippen LogP contribution in [-0.4, -0.2) is 9.97 Å². The second-order valence-electron chi connectivity index (χ2n) is 4.14. The molecular formula is C13H10BrFN4OS. The summed E-state index contributed by atoms with van der Waals surface area (Å²) in [5, 5.41) is 2.77. The summed E-state index contributed by atoms with van der Waals surface area (Å²) in [5.41, 5.74) is 2.55. The van der Waals surface area contributed by atoms with Gasteiger partial charge >= 0.3 is 0 Å². The molecular weight excluding hydrogens is 359 g/mol. The molecule has 0 spiro atoms. The monoisotopic (exact) mass is 368 g/mol. The number of benzene rings is 1. The number of hydrazine groups is 1. The molecule has 0 aliphatic heterocycles. The van der Waals surface area contributed by atoms with E-state index in [0.29, 0.717) is 21.9 Å². The van der Waals surface area contributed by atoms with Crippen LogP contribution in [0.4, 0.5) is 10.2 Å². The number of nitrogens with one attached hydrogen (secondary N) is 1. The molecule has 0 bridgehead atoms. The molecule has 0 saturated heterocycles. The maximum atomic E-state index is 13.2. The molecule has 0 radical (unpaired) electrons. The van der Waals surface area contributed by atoms with Crippen molar-refractivity contribution in [3.63, 3.8) is 0 Å². The minimum atomic E-state index is -0.368. The number of nitrogens with zero attached hydrogens (tertiary/aromatic N) is 2. The number of ether oxygens (including phenoxy) is 1. The molecule has 3 N–H and O–H groups in total. The van der Waals surface area contributed by atoms with E-state index >= 15 is 0 Å². The summed E-state index contributed by atoms with van der Waals surface area (Å²) in [6.07, 6.45) is 0. The standard InChI is InChI=1S/C13H10BrFN4OS/c14-9-2-1-7(15)5-10(9)20-6-11-17-12(19-16)8-3-4-21-13(8)18-11/h1-5H,6,16H2,(H,17,18,19). The van der Waals surface area contributed by atoms with Crippen LogP contribution in [0.2, 0.25) is 0 Å². The van der Waals surface area contributed by atoms with E-state index in [1.165, 1.54) is 23.5 Å². The van der Waals surface area contributed by atoms with Gasteiger partial charge in [0.05, 0.1) is 9.86 Å². The number of hydrogen-bond acceptors (Lipinski definition) is 6. The zero-order valence-electron chi connectivity index (χ0n) is 10.6. The molecule has 5 nitrogen and oxygen atoms in total. The van der Waals surface area contributed by atoms with Gasteiger partial charge < -0.3 is 10.2 Å². The third-order valence-electron chi connectivity index (χ3n) is 2.76. The van der Waals surface area contributed by atoms with Crippen LogP contribution in [0, 0.1) is 5.82 Å². The highest BCUT2D eigenvalue weighted by Gasteiger charge is 2.10. The maximum absolute atomic E-state index is 13.2. The van der Waals surface area contributed by atoms with Gasteiger partial charge in [0, 0.05) is 6.07 Å². The van der Waals surface area contributed by atoms with E-state index in [1.54, 1.807) is 6.07 Å². The third kappa shape index (κ3) is 2.97. The van der Waals surface area contributed by atoms with Crippen LogP contribution in [0.3, 0.4) is 0 Å². The van der Waals surface area contributed by atoms with E-state index in [1.807, 2.05) is 11.4 Å². The van der Waals surface area contributed by atoms with Crippen molar-refractivity contribution in [3.8, 4) is 5.75 Å². The molecule has 108 valence electrons. The largest absolute Gasteiger partial charge is 0.484 e. The van der Waals surface area contributed by atoms with Crippen LogP contribution in [0.25, 0.3) is 10.2 Å². The molecule has 3 aromatic rings. The van der Waals surface area contributed by atoms with Gasteiger partial charge in [-0.2, -0.15) is 0 Å². The maximum Gasteiger partial charge on any atom is 0.169 e. The topological polar surface area (TPSA) is 73.1 Å². The number of hydrogen-bond donors (Lipinski definition) is 2. The third-order valence-corrected chi connectivity index (χ3v) is 4.22. The van der Waals surface area contributed by atoms with Gasteiger partial charge in [-0.25, -0.2) is 20.2 Å². The van der Waals surface area contributed by atoms with Crippen molar-refractivity contribution in [1.82, 2.24) is 9.97 Å². The predicted molar refractivity (Wildman–Crippen MR) is 83.7 cm³/mol. The Morgan fingerprint density at radius 1 is 1.33 bits per heavy atom. The van der Waals surface area contributed by atoms with Gasteiger partial charge in [-0.3, -0.25) is 0 Å². The number of anilines is 1. The van der Waals surface area contributed by atoms with Crippen molar-refractivity contribution in [2.24, 2.45) is 5.84 Å². The molecule has 0 amide bonds. The Balaban J connectivity index is 1.86. The van der Waals surface area contributed by atoms with Crippen molar-refractivity contribution in [3.05, 3.63) is 45.8 Å². The lowest BCUT2D eigenvalue weighted by atomic mass is 10.3. The lowest BCUT2D eigenvalue weighted by Gasteiger charge is -2.09. The summed E-state index contributed by atoms with van der Waals surface area (Å²) < 4.78 is 19.4. The first kappa shape index (κ1) is 14.2. The van der Waals surface area contributed by atoms with E-state index in [-0.39, 0.29) is 12.4 Å². The van der Waals surface area contributed by atoms with Crippen LogP contribution in [-0.2, 0) is 6.61 Å². The fourth-order valence-corrected chi connectivity index (χ4v) is 2.95. The predicted octanol–water partition coefficient (Wildman–Crippen LogP) is 3.46. The van der Waals surface area contributed by atoms with E-state index in [2.05, 4.69) is 31.3 Å². The Morgan fingerprint density at radius 2 is 2.19 bits per heavy atom. The fraction of sp³-hybridized carbons (Fsp3) is 0.0769. The highest BCUT2D eigenvalue weighted by Crippen LogP contribution is 2.27. The van der Waals surface area contributed by atoms with Gasteiger partial charge in [0.15, 0.2) is 11.6 Å². The van der Waals surface area contributed by atoms with Gasteiger partial charge in [0.1, 0.15) is 23.0 Å². The smallest absolute Gasteiger partial charge is 0.169 e. The quantitative estimate of drug-likeness (QED) is 0.544. The van der Waals surface area contributed by atoms with E-state index in [4.69, 9.17) is 10.6 Å². The van der Waals surface area contributed by atoms with Crippen molar-refractivity contribution in [2.75, 3.05) is 5.43 Å². The first-order chi connectivity index (χ1) is 10.2. The Morgan fingerprint density at radius 3 is 3.00 bits per heavy atom. The summed E-state index contributed by atoms with van der Waals surface area (Å²) >= 11 is 4.79. The highest BCUT2D eigenvalue weighted by atomic mass is 79.9. The second kappa shape index (κ2) is 5.92. The van der Waals surface area contributed by atoms with E-state index < -0.39 is 0 Å². The average Bonchev–Trinajstić information content (AvgIpc) is 2.95. The van der Waals surface area contributed by atoms with E-state index in [0.717, 1.165) is 10.2 Å². The molecule has 0 unspecified atom stereocenters. The number of nitrogen functional groups attached to an aromatic ring is 1. The normalized spacial score (nSPS) is 10.8. The molecule has 1 aromatic carbocycles. The van der Waals surface area contributed by atoms with Gasteiger partial charge in [0.2, 0.25) is 0 Å². The van der Waals surface area contributed by atoms with Gasteiger partial charge in [0.25, 0.3) is 0 Å². The van der Waals surface area contributed by atoms with Crippen LogP contribution < -0.4 is 16.0 Å². The SMILES string of the molecule is NNc1nc(COc2cc(F)ccc2Br)nc2sccc12. The van der Waals surface area contributed by atoms with Crippen molar-refractivity contribution < 1.29 is 9.13 Å². The Labute approximate surface area is 132 Å². The number of nitrogens with two attached hydrogens (primary N) is 1. The van der Waals surface area contributed by atoms with Crippen molar-refractivity contribution in [1.29, 1.82) is 0 Å². The molecule has 2 heterocycles. The molecule has 0 aliphatic rings. The lowest BCUT2D eigenvalue weighted by Crippen LogP contribution is -2.11. The number of aromatic nitrogens is 2. The summed E-state index contributed by atoms with van der Waals surface area (Å²) in [7, 11) is 0. The number of halogens is 2. The molecule has 0 saturated carbocycles. The van der Waals surface area contributed by atoms with Crippen molar-refractivity contribution >= 4 is 43.3 Å². The second-order valence-corrected chi connectivity index (χ2v) is 5.88. The fourth-order valence-electron chi connectivity index (χ4n) is 1.80. The van der Waals surface area contributed by atoms with Crippen molar-refractivity contribution in [2.45, 2.75) is 6.61 Å². The number of thiophene rings is 1. The Hall–Kier alpha value is -1.77. The molecule has 2 aromatic heterocycles. The molecule has 0 aliphatic carbocycles. The summed E-state index contributed by atoms with van der Waals surface area (Å²) in [6, 6.07) is 6.13. The number of fused-ring (bicyclic) bond motifs is 1. The molecule has 21 heavy (non-hydrogen) atoms. The summed E-state index contributed by atoms with van der Waals surface area (Å²) in [5.74, 6) is 6.50. The first-order valence-corrected chi connectivity index (χ1v) is 7.63. The summed E-state index contributed by atoms with van der Waals surface area (Å²) in [4.78, 5) is 9.49. The Kier molecular flexibility index (Phi) is 4.00. The molecule has 0 fully saturated rings. The Bertz CT molecular complexity index is 795. The van der Waals surface area contributed by atoms with Crippen LogP contribution in [0.15, 0.2) is 34.1 Å². The van der Waals surface area contributed by atoms with Crippen LogP contribution >= 0.6 is 27.3 Å². The van der Waals surface area contributed by atoms with Gasteiger partial charge in [-0.15, -0.1) is 11.3 Å². The van der Waals surface area contributed by atoms with Gasteiger partial charge in [-0.1, -0.05) is 0 Å². The zero-order chi connectivity index (χ0) is 14.8. The highest BCUT2D eigenvalue weighted by molar-refractivity contribution is 9.10. The average molecular weight is 369 g/mol. The summed E-state index contributed by atoms with van der Waals surface area (Å²) in [6.45, 7) is 0.116. The minimum absolute atomic E-state index is 0.116. The van der Waals surface area contributed by atoms with Crippen LogP contribution in [0.5, 0.6) is 5.75 Å². The van der Waals surface area contributed by atoms with Crippen LogP contribution in [0.1, 0.15) is 5.82 Å². The lowest BCUT2D eigenvalue weighted by molar-refractivity contribution is 0.293. The molecule has 8 heteroatoms. The first-order valence-electron chi connectivity index (χ1n) is 5.96. The van der Waals surface area contributed by atoms with E-state index in [9.17, 15) is 4.39 Å². The number of rotatable bonds is 4. The van der Waals surface area contributed by atoms with Gasteiger partial charge in [-0.05, 0) is 39.5 Å². The molecule has 0 atom stereocenters.